The summed E-state index contributed by atoms with van der Waals surface area (Å²) in [5.74, 6) is 0.662. The van der Waals surface area contributed by atoms with Gasteiger partial charge in [0.05, 0.1) is 5.41 Å². The maximum absolute atomic E-state index is 12.7. The highest BCUT2D eigenvalue weighted by Crippen LogP contribution is 2.31. The maximum Gasteiger partial charge on any atom is 0.230 e. The molecule has 3 N–H and O–H groups in total. The number of amides is 2. The monoisotopic (exact) mass is 331 g/mol. The van der Waals surface area contributed by atoms with Gasteiger partial charge in [-0.3, -0.25) is 9.59 Å². The van der Waals surface area contributed by atoms with E-state index < -0.39 is 5.41 Å². The summed E-state index contributed by atoms with van der Waals surface area (Å²) in [4.78, 5) is 26.4. The van der Waals surface area contributed by atoms with Crippen molar-refractivity contribution in [2.24, 2.45) is 17.1 Å². The first-order chi connectivity index (χ1) is 10.1. The van der Waals surface area contributed by atoms with Crippen LogP contribution in [0.5, 0.6) is 0 Å². The van der Waals surface area contributed by atoms with Crippen molar-refractivity contribution in [3.8, 4) is 0 Å². The molecule has 5 nitrogen and oxygen atoms in total. The van der Waals surface area contributed by atoms with Crippen molar-refractivity contribution in [3.63, 3.8) is 0 Å². The fraction of sp³-hybridized carbons (Fsp3) is 0.875. The number of likely N-dealkylation sites (tertiary alicyclic amines) is 1. The van der Waals surface area contributed by atoms with E-state index in [1.165, 1.54) is 0 Å². The van der Waals surface area contributed by atoms with Gasteiger partial charge in [0, 0.05) is 31.6 Å². The van der Waals surface area contributed by atoms with Crippen molar-refractivity contribution >= 4 is 24.2 Å². The van der Waals surface area contributed by atoms with E-state index in [0.29, 0.717) is 6.54 Å². The summed E-state index contributed by atoms with van der Waals surface area (Å²) < 4.78 is 0. The molecule has 1 saturated carbocycles. The van der Waals surface area contributed by atoms with Gasteiger partial charge in [-0.2, -0.15) is 0 Å². The number of piperidine rings is 1. The zero-order chi connectivity index (χ0) is 15.5. The van der Waals surface area contributed by atoms with Crippen LogP contribution in [-0.4, -0.2) is 42.4 Å². The fourth-order valence-electron chi connectivity index (χ4n) is 3.16. The van der Waals surface area contributed by atoms with Crippen LogP contribution in [0.25, 0.3) is 0 Å². The minimum absolute atomic E-state index is 0. The molecule has 2 amide bonds. The Bertz CT molecular complexity index is 379. The third-order valence-electron chi connectivity index (χ3n) is 5.27. The Balaban J connectivity index is 0.00000242. The summed E-state index contributed by atoms with van der Waals surface area (Å²) >= 11 is 0. The number of nitrogens with one attached hydrogen (secondary N) is 1. The summed E-state index contributed by atoms with van der Waals surface area (Å²) in [6.45, 7) is 5.96. The molecule has 1 saturated heterocycles. The van der Waals surface area contributed by atoms with Crippen molar-refractivity contribution in [1.82, 2.24) is 10.2 Å². The van der Waals surface area contributed by atoms with Crippen molar-refractivity contribution in [3.05, 3.63) is 0 Å². The molecule has 0 atom stereocenters. The van der Waals surface area contributed by atoms with Gasteiger partial charge in [-0.25, -0.2) is 0 Å². The van der Waals surface area contributed by atoms with E-state index in [1.807, 2.05) is 18.7 Å². The number of hydrogen-bond acceptors (Lipinski definition) is 3. The molecule has 1 heterocycles. The second-order valence-corrected chi connectivity index (χ2v) is 6.54. The first-order valence-corrected chi connectivity index (χ1v) is 8.36. The van der Waals surface area contributed by atoms with E-state index in [9.17, 15) is 9.59 Å². The van der Waals surface area contributed by atoms with E-state index in [4.69, 9.17) is 5.73 Å². The number of halogens is 1. The lowest BCUT2D eigenvalue weighted by Gasteiger charge is -2.39. The molecular formula is C16H30ClN3O2. The Hall–Kier alpha value is -0.810. The Morgan fingerprint density at radius 1 is 1.14 bits per heavy atom. The first kappa shape index (κ1) is 19.2. The summed E-state index contributed by atoms with van der Waals surface area (Å²) in [7, 11) is 0. The Morgan fingerprint density at radius 3 is 2.09 bits per heavy atom. The number of carbonyl (C=O) groups is 2. The lowest BCUT2D eigenvalue weighted by molar-refractivity contribution is -0.143. The minimum atomic E-state index is -0.399. The van der Waals surface area contributed by atoms with Gasteiger partial charge in [0.25, 0.3) is 0 Å². The Morgan fingerprint density at radius 2 is 1.68 bits per heavy atom. The molecule has 0 unspecified atom stereocenters. The topological polar surface area (TPSA) is 75.4 Å². The molecule has 22 heavy (non-hydrogen) atoms. The van der Waals surface area contributed by atoms with Crippen molar-refractivity contribution in [2.45, 2.75) is 58.4 Å². The quantitative estimate of drug-likeness (QED) is 0.777. The number of carbonyl (C=O) groups excluding carboxylic acids is 2. The molecule has 2 fully saturated rings. The van der Waals surface area contributed by atoms with Gasteiger partial charge in [0.15, 0.2) is 0 Å². The summed E-state index contributed by atoms with van der Waals surface area (Å²) in [5, 5.41) is 3.12. The number of nitrogens with two attached hydrogens (primary N) is 1. The number of nitrogens with zero attached hydrogens (tertiary/aromatic N) is 1. The van der Waals surface area contributed by atoms with E-state index in [2.05, 4.69) is 5.32 Å². The van der Waals surface area contributed by atoms with Crippen LogP contribution in [0.3, 0.4) is 0 Å². The van der Waals surface area contributed by atoms with Crippen LogP contribution in [0, 0.1) is 11.3 Å². The molecule has 6 heteroatoms. The zero-order valence-electron chi connectivity index (χ0n) is 13.8. The number of hydrogen-bond donors (Lipinski definition) is 2. The second-order valence-electron chi connectivity index (χ2n) is 6.54. The minimum Gasteiger partial charge on any atom is -0.353 e. The van der Waals surface area contributed by atoms with Crippen LogP contribution in [0.1, 0.15) is 52.4 Å². The predicted octanol–water partition coefficient (Wildman–Crippen LogP) is 1.69. The molecule has 0 radical (unpaired) electrons. The van der Waals surface area contributed by atoms with E-state index >= 15 is 0 Å². The maximum atomic E-state index is 12.7. The zero-order valence-corrected chi connectivity index (χ0v) is 14.6. The molecule has 1 aliphatic carbocycles. The van der Waals surface area contributed by atoms with Crippen molar-refractivity contribution in [1.29, 1.82) is 0 Å². The van der Waals surface area contributed by atoms with Crippen LogP contribution in [0.2, 0.25) is 0 Å². The largest absolute Gasteiger partial charge is 0.353 e. The molecule has 0 aromatic carbocycles. The highest BCUT2D eigenvalue weighted by molar-refractivity contribution is 5.85. The molecule has 2 rings (SSSR count). The average Bonchev–Trinajstić information content (AvgIpc) is 3.35. The molecule has 0 aromatic rings. The standard InChI is InChI=1S/C16H29N3O2.ClH/c1-3-16(4-2,11-17)15(21)19-9-7-13(8-10-19)18-14(20)12-5-6-12;/h12-13H,3-11,17H2,1-2H3,(H,18,20);1H. The Labute approximate surface area is 139 Å². The average molecular weight is 332 g/mol. The van der Waals surface area contributed by atoms with Gasteiger partial charge in [-0.1, -0.05) is 13.8 Å². The van der Waals surface area contributed by atoms with Crippen molar-refractivity contribution < 1.29 is 9.59 Å². The van der Waals surface area contributed by atoms with Crippen LogP contribution < -0.4 is 11.1 Å². The van der Waals surface area contributed by atoms with Crippen LogP contribution >= 0.6 is 12.4 Å². The van der Waals surface area contributed by atoms with Crippen LogP contribution in [0.4, 0.5) is 0 Å². The smallest absolute Gasteiger partial charge is 0.230 e. The first-order valence-electron chi connectivity index (χ1n) is 8.36. The highest BCUT2D eigenvalue weighted by Gasteiger charge is 2.38. The lowest BCUT2D eigenvalue weighted by Crippen LogP contribution is -2.52. The third-order valence-corrected chi connectivity index (χ3v) is 5.27. The van der Waals surface area contributed by atoms with E-state index in [0.717, 1.165) is 51.6 Å². The molecule has 2 aliphatic rings. The van der Waals surface area contributed by atoms with Gasteiger partial charge < -0.3 is 16.0 Å². The van der Waals surface area contributed by atoms with Gasteiger partial charge in [0.2, 0.25) is 11.8 Å². The lowest BCUT2D eigenvalue weighted by atomic mass is 9.80. The van der Waals surface area contributed by atoms with Crippen LogP contribution in [0.15, 0.2) is 0 Å². The van der Waals surface area contributed by atoms with Gasteiger partial charge in [-0.15, -0.1) is 12.4 Å². The second kappa shape index (κ2) is 8.16. The normalized spacial score (nSPS) is 19.5. The third kappa shape index (κ3) is 4.13. The highest BCUT2D eigenvalue weighted by atomic mass is 35.5. The van der Waals surface area contributed by atoms with Crippen molar-refractivity contribution in [2.75, 3.05) is 19.6 Å². The number of rotatable bonds is 6. The van der Waals surface area contributed by atoms with Gasteiger partial charge in [-0.05, 0) is 38.5 Å². The molecule has 0 aromatic heterocycles. The summed E-state index contributed by atoms with van der Waals surface area (Å²) in [6, 6.07) is 0.234. The molecule has 0 spiro atoms. The summed E-state index contributed by atoms with van der Waals surface area (Å²) in [6.07, 6.45) is 5.37. The van der Waals surface area contributed by atoms with Gasteiger partial charge >= 0.3 is 0 Å². The molecule has 1 aliphatic heterocycles. The molecule has 0 bridgehead atoms. The van der Waals surface area contributed by atoms with E-state index in [1.54, 1.807) is 0 Å². The van der Waals surface area contributed by atoms with Crippen LogP contribution in [-0.2, 0) is 9.59 Å². The Kier molecular flexibility index (Phi) is 7.13. The SMILES string of the molecule is CCC(CC)(CN)C(=O)N1CCC(NC(=O)C2CC2)CC1.Cl. The molecule has 128 valence electrons. The summed E-state index contributed by atoms with van der Waals surface area (Å²) in [5.41, 5.74) is 5.47. The fourth-order valence-corrected chi connectivity index (χ4v) is 3.16. The van der Waals surface area contributed by atoms with Gasteiger partial charge in [0.1, 0.15) is 0 Å². The predicted molar refractivity (Wildman–Crippen MR) is 89.8 cm³/mol. The van der Waals surface area contributed by atoms with E-state index in [-0.39, 0.29) is 36.2 Å². The molecular weight excluding hydrogens is 302 g/mol.